The van der Waals surface area contributed by atoms with Crippen molar-refractivity contribution in [3.05, 3.63) is 29.6 Å². The molecule has 2 aliphatic heterocycles. The van der Waals surface area contributed by atoms with E-state index in [2.05, 4.69) is 10.3 Å². The molecule has 4 rings (SSSR count). The van der Waals surface area contributed by atoms with Crippen LogP contribution in [0.1, 0.15) is 65.0 Å². The van der Waals surface area contributed by atoms with Crippen LogP contribution in [0, 0.1) is 17.7 Å². The van der Waals surface area contributed by atoms with Crippen molar-refractivity contribution in [2.75, 3.05) is 13.7 Å². The standard InChI is InChI=1S/C25H35FN4O4/c1-24(2)13-20(31)30(23(27)29-24)18(9-10-33-5)14-11-15(14)22(32)28-17-12-25(3,4)34-19-8-6-7-16(26)21(17)19/h6-8,14-15,17-18H,9-13H2,1-5H3,(H2,27,29)(H,28,32)/t14-,15-,17?,18-/m1/s1. The number of methoxy groups -OCH3 is 1. The third-order valence-electron chi connectivity index (χ3n) is 6.90. The van der Waals surface area contributed by atoms with Gasteiger partial charge in [-0.15, -0.1) is 0 Å². The topological polar surface area (TPSA) is 106 Å². The van der Waals surface area contributed by atoms with Gasteiger partial charge in [-0.05, 0) is 58.6 Å². The van der Waals surface area contributed by atoms with E-state index in [1.165, 1.54) is 6.07 Å². The van der Waals surface area contributed by atoms with Crippen molar-refractivity contribution in [1.29, 1.82) is 0 Å². The Labute approximate surface area is 200 Å². The normalized spacial score (nSPS) is 27.8. The molecule has 2 heterocycles. The highest BCUT2D eigenvalue weighted by atomic mass is 19.1. The number of nitrogens with zero attached hydrogens (tertiary/aromatic N) is 2. The van der Waals surface area contributed by atoms with Gasteiger partial charge in [0.15, 0.2) is 5.96 Å². The molecule has 34 heavy (non-hydrogen) atoms. The van der Waals surface area contributed by atoms with E-state index in [0.717, 1.165) is 0 Å². The van der Waals surface area contributed by atoms with Gasteiger partial charge in [0, 0.05) is 32.1 Å². The molecule has 0 bridgehead atoms. The second kappa shape index (κ2) is 8.83. The zero-order valence-corrected chi connectivity index (χ0v) is 20.6. The molecule has 3 N–H and O–H groups in total. The number of ether oxygens (including phenoxy) is 2. The second-order valence-corrected chi connectivity index (χ2v) is 10.9. The number of benzene rings is 1. The molecular formula is C25H35FN4O4. The van der Waals surface area contributed by atoms with Crippen molar-refractivity contribution < 1.29 is 23.5 Å². The lowest BCUT2D eigenvalue weighted by atomic mass is 9.89. The number of rotatable bonds is 7. The van der Waals surface area contributed by atoms with Gasteiger partial charge in [-0.1, -0.05) is 6.07 Å². The molecule has 1 unspecified atom stereocenters. The van der Waals surface area contributed by atoms with Crippen molar-refractivity contribution >= 4 is 17.8 Å². The zero-order valence-electron chi connectivity index (χ0n) is 20.6. The van der Waals surface area contributed by atoms with Crippen LogP contribution in [0.4, 0.5) is 4.39 Å². The Bertz CT molecular complexity index is 1010. The van der Waals surface area contributed by atoms with Crippen LogP contribution in [-0.2, 0) is 14.3 Å². The van der Waals surface area contributed by atoms with Crippen molar-refractivity contribution in [1.82, 2.24) is 10.2 Å². The van der Waals surface area contributed by atoms with Gasteiger partial charge >= 0.3 is 0 Å². The summed E-state index contributed by atoms with van der Waals surface area (Å²) in [4.78, 5) is 32.3. The Hall–Kier alpha value is -2.68. The molecule has 1 fully saturated rings. The highest BCUT2D eigenvalue weighted by molar-refractivity contribution is 5.99. The van der Waals surface area contributed by atoms with Crippen molar-refractivity contribution in [2.24, 2.45) is 22.6 Å². The number of halogens is 1. The number of amides is 2. The van der Waals surface area contributed by atoms with Crippen LogP contribution in [0.3, 0.4) is 0 Å². The summed E-state index contributed by atoms with van der Waals surface area (Å²) >= 11 is 0. The summed E-state index contributed by atoms with van der Waals surface area (Å²) in [5.41, 5.74) is 5.51. The minimum absolute atomic E-state index is 0.0676. The number of carbonyl (C=O) groups is 2. The molecule has 186 valence electrons. The molecular weight excluding hydrogens is 439 g/mol. The molecule has 9 heteroatoms. The van der Waals surface area contributed by atoms with Gasteiger partial charge in [-0.25, -0.2) is 9.38 Å². The molecule has 3 aliphatic rings. The highest BCUT2D eigenvalue weighted by Crippen LogP contribution is 2.47. The zero-order chi connectivity index (χ0) is 24.8. The average molecular weight is 475 g/mol. The highest BCUT2D eigenvalue weighted by Gasteiger charge is 2.52. The van der Waals surface area contributed by atoms with Gasteiger partial charge in [-0.2, -0.15) is 0 Å². The maximum absolute atomic E-state index is 14.7. The summed E-state index contributed by atoms with van der Waals surface area (Å²) in [7, 11) is 1.60. The minimum atomic E-state index is -0.545. The Morgan fingerprint density at radius 1 is 1.38 bits per heavy atom. The van der Waals surface area contributed by atoms with E-state index >= 15 is 0 Å². The number of aliphatic imine (C=N–C) groups is 1. The van der Waals surface area contributed by atoms with Crippen LogP contribution >= 0.6 is 0 Å². The molecule has 2 amide bonds. The van der Waals surface area contributed by atoms with E-state index in [0.29, 0.717) is 37.2 Å². The number of guanidine groups is 1. The lowest BCUT2D eigenvalue weighted by Gasteiger charge is -2.38. The van der Waals surface area contributed by atoms with Gasteiger partial charge in [0.2, 0.25) is 11.8 Å². The number of carbonyl (C=O) groups excluding carboxylic acids is 2. The smallest absolute Gasteiger partial charge is 0.231 e. The molecule has 8 nitrogen and oxygen atoms in total. The van der Waals surface area contributed by atoms with E-state index < -0.39 is 23.0 Å². The van der Waals surface area contributed by atoms with E-state index in [4.69, 9.17) is 15.2 Å². The molecule has 1 saturated carbocycles. The van der Waals surface area contributed by atoms with Crippen LogP contribution in [0.2, 0.25) is 0 Å². The summed E-state index contributed by atoms with van der Waals surface area (Å²) in [6.45, 7) is 8.03. The van der Waals surface area contributed by atoms with Crippen LogP contribution in [0.15, 0.2) is 23.2 Å². The Morgan fingerprint density at radius 2 is 2.12 bits per heavy atom. The predicted molar refractivity (Wildman–Crippen MR) is 126 cm³/mol. The SMILES string of the molecule is COCC[C@H]([C@@H]1C[C@H]1C(=O)NC1CC(C)(C)Oc2cccc(F)c21)N1C(=O)CC(C)(C)N=C1N. The fourth-order valence-corrected chi connectivity index (χ4v) is 5.34. The van der Waals surface area contributed by atoms with Gasteiger partial charge < -0.3 is 20.5 Å². The van der Waals surface area contributed by atoms with Crippen LogP contribution in [-0.4, -0.2) is 53.6 Å². The quantitative estimate of drug-likeness (QED) is 0.632. The molecule has 0 spiro atoms. The summed E-state index contributed by atoms with van der Waals surface area (Å²) in [5, 5.41) is 3.06. The number of nitrogens with two attached hydrogens (primary N) is 1. The minimum Gasteiger partial charge on any atom is -0.487 e. The number of nitrogens with one attached hydrogen (secondary N) is 1. The largest absolute Gasteiger partial charge is 0.487 e. The third kappa shape index (κ3) is 4.89. The second-order valence-electron chi connectivity index (χ2n) is 10.9. The van der Waals surface area contributed by atoms with E-state index in [-0.39, 0.29) is 42.1 Å². The van der Waals surface area contributed by atoms with Gasteiger partial charge in [0.1, 0.15) is 17.2 Å². The third-order valence-corrected chi connectivity index (χ3v) is 6.90. The van der Waals surface area contributed by atoms with Crippen LogP contribution in [0.25, 0.3) is 0 Å². The maximum atomic E-state index is 14.7. The van der Waals surface area contributed by atoms with Crippen molar-refractivity contribution in [2.45, 2.75) is 76.6 Å². The van der Waals surface area contributed by atoms with E-state index in [9.17, 15) is 14.0 Å². The average Bonchev–Trinajstić information content (AvgIpc) is 3.48. The molecule has 0 radical (unpaired) electrons. The number of hydrogen-bond acceptors (Lipinski definition) is 6. The lowest BCUT2D eigenvalue weighted by Crippen LogP contribution is -2.55. The fraction of sp³-hybridized carbons (Fsp3) is 0.640. The van der Waals surface area contributed by atoms with Gasteiger partial charge in [0.05, 0.1) is 23.6 Å². The predicted octanol–water partition coefficient (Wildman–Crippen LogP) is 2.91. The first-order valence-corrected chi connectivity index (χ1v) is 11.9. The van der Waals surface area contributed by atoms with Crippen LogP contribution < -0.4 is 15.8 Å². The lowest BCUT2D eigenvalue weighted by molar-refractivity contribution is -0.132. The molecule has 1 aliphatic carbocycles. The van der Waals surface area contributed by atoms with Crippen molar-refractivity contribution in [3.8, 4) is 5.75 Å². The van der Waals surface area contributed by atoms with Gasteiger partial charge in [0.25, 0.3) is 0 Å². The molecule has 4 atom stereocenters. The first kappa shape index (κ1) is 24.4. The first-order valence-electron chi connectivity index (χ1n) is 11.9. The Kier molecular flexibility index (Phi) is 6.35. The summed E-state index contributed by atoms with van der Waals surface area (Å²) in [6, 6.07) is 3.94. The Morgan fingerprint density at radius 3 is 2.79 bits per heavy atom. The maximum Gasteiger partial charge on any atom is 0.231 e. The van der Waals surface area contributed by atoms with Crippen LogP contribution in [0.5, 0.6) is 5.75 Å². The number of fused-ring (bicyclic) bond motifs is 1. The molecule has 1 aromatic carbocycles. The number of hydrogen-bond donors (Lipinski definition) is 2. The molecule has 0 aromatic heterocycles. The first-order chi connectivity index (χ1) is 15.9. The fourth-order valence-electron chi connectivity index (χ4n) is 5.34. The summed E-state index contributed by atoms with van der Waals surface area (Å²) < 4.78 is 25.9. The summed E-state index contributed by atoms with van der Waals surface area (Å²) in [5.74, 6) is -0.348. The monoisotopic (exact) mass is 474 g/mol. The van der Waals surface area contributed by atoms with E-state index in [1.54, 1.807) is 24.1 Å². The van der Waals surface area contributed by atoms with Gasteiger partial charge in [-0.3, -0.25) is 14.5 Å². The van der Waals surface area contributed by atoms with Crippen molar-refractivity contribution in [3.63, 3.8) is 0 Å². The van der Waals surface area contributed by atoms with E-state index in [1.807, 2.05) is 27.7 Å². The Balaban J connectivity index is 1.51. The summed E-state index contributed by atoms with van der Waals surface area (Å²) in [6.07, 6.45) is 1.89. The molecule has 1 aromatic rings. The molecule has 0 saturated heterocycles.